The number of carbonyl (C=O) groups is 1. The lowest BCUT2D eigenvalue weighted by molar-refractivity contribution is -0.116. The van der Waals surface area contributed by atoms with Gasteiger partial charge in [-0.3, -0.25) is 9.78 Å². The Morgan fingerprint density at radius 2 is 2.03 bits per heavy atom. The van der Waals surface area contributed by atoms with Gasteiger partial charge in [-0.2, -0.15) is 5.10 Å². The van der Waals surface area contributed by atoms with Gasteiger partial charge in [0.2, 0.25) is 5.91 Å². The quantitative estimate of drug-likeness (QED) is 0.494. The molecule has 0 fully saturated rings. The van der Waals surface area contributed by atoms with Crippen molar-refractivity contribution in [1.29, 1.82) is 0 Å². The molecule has 0 saturated heterocycles. The molecule has 0 aliphatic rings. The molecule has 9 heteroatoms. The average molecular weight is 428 g/mol. The van der Waals surface area contributed by atoms with Crippen molar-refractivity contribution in [2.75, 3.05) is 5.32 Å². The van der Waals surface area contributed by atoms with Crippen molar-refractivity contribution in [1.82, 2.24) is 19.7 Å². The number of aromatic nitrogens is 4. The van der Waals surface area contributed by atoms with Gasteiger partial charge in [0, 0.05) is 33.8 Å². The fourth-order valence-electron chi connectivity index (χ4n) is 2.85. The van der Waals surface area contributed by atoms with Crippen molar-refractivity contribution in [2.24, 2.45) is 0 Å². The van der Waals surface area contributed by atoms with Crippen LogP contribution in [0.25, 0.3) is 10.8 Å². The van der Waals surface area contributed by atoms with E-state index in [1.54, 1.807) is 24.5 Å². The monoisotopic (exact) mass is 427 g/mol. The third kappa shape index (κ3) is 4.31. The second-order valence-corrected chi connectivity index (χ2v) is 6.96. The van der Waals surface area contributed by atoms with E-state index in [1.807, 2.05) is 24.3 Å². The van der Waals surface area contributed by atoms with Gasteiger partial charge in [-0.25, -0.2) is 9.67 Å². The Bertz CT molecular complexity index is 1160. The summed E-state index contributed by atoms with van der Waals surface area (Å²) in [5, 5.41) is 9.35. The molecule has 29 heavy (non-hydrogen) atoms. The number of nitrogens with zero attached hydrogens (tertiary/aromatic N) is 4. The number of nitrogens with one attached hydrogen (secondary N) is 1. The van der Waals surface area contributed by atoms with Gasteiger partial charge in [-0.05, 0) is 24.3 Å². The molecule has 2 aromatic heterocycles. The molecule has 1 N–H and O–H groups in total. The maximum Gasteiger partial charge on any atom is 0.246 e. The van der Waals surface area contributed by atoms with E-state index in [0.717, 1.165) is 10.8 Å². The number of rotatable bonds is 6. The van der Waals surface area contributed by atoms with E-state index in [1.165, 1.54) is 17.3 Å². The van der Waals surface area contributed by atoms with E-state index >= 15 is 0 Å². The first-order chi connectivity index (χ1) is 14.1. The zero-order valence-electron chi connectivity index (χ0n) is 15.0. The zero-order chi connectivity index (χ0) is 20.2. The third-order valence-electron chi connectivity index (χ3n) is 4.25. The summed E-state index contributed by atoms with van der Waals surface area (Å²) < 4.78 is 7.40. The summed E-state index contributed by atoms with van der Waals surface area (Å²) in [6, 6.07) is 10.9. The van der Waals surface area contributed by atoms with Gasteiger partial charge < -0.3 is 10.1 Å². The Labute approximate surface area is 176 Å². The van der Waals surface area contributed by atoms with E-state index in [4.69, 9.17) is 27.9 Å². The molecule has 0 atom stereocenters. The van der Waals surface area contributed by atoms with Crippen molar-refractivity contribution in [3.8, 4) is 5.75 Å². The standard InChI is InChI=1S/C20H15Cl2N5O2/c21-16-4-5-17(26-19(28)9-27-12-24-11-25-27)20(22)15(16)10-29-18-3-1-2-13-8-23-7-6-14(13)18/h1-8,11-12H,9-10H2,(H,26,28). The fraction of sp³-hybridized carbons (Fsp3) is 0.100. The highest BCUT2D eigenvalue weighted by Gasteiger charge is 2.15. The lowest BCUT2D eigenvalue weighted by Crippen LogP contribution is -2.19. The number of halogens is 2. The van der Waals surface area contributed by atoms with Gasteiger partial charge in [-0.15, -0.1) is 0 Å². The summed E-state index contributed by atoms with van der Waals surface area (Å²) in [5.41, 5.74) is 1.03. The Hall–Kier alpha value is -3.16. The minimum Gasteiger partial charge on any atom is -0.488 e. The number of pyridine rings is 1. The van der Waals surface area contributed by atoms with Crippen LogP contribution < -0.4 is 10.1 Å². The van der Waals surface area contributed by atoms with Gasteiger partial charge in [0.15, 0.2) is 0 Å². The summed E-state index contributed by atoms with van der Waals surface area (Å²) >= 11 is 12.8. The largest absolute Gasteiger partial charge is 0.488 e. The molecular formula is C20H15Cl2N5O2. The predicted molar refractivity (Wildman–Crippen MR) is 111 cm³/mol. The molecule has 0 aliphatic heterocycles. The van der Waals surface area contributed by atoms with Gasteiger partial charge in [0.25, 0.3) is 0 Å². The molecule has 2 aromatic carbocycles. The van der Waals surface area contributed by atoms with Crippen LogP contribution in [0.3, 0.4) is 0 Å². The molecule has 0 spiro atoms. The van der Waals surface area contributed by atoms with Crippen LogP contribution in [0.1, 0.15) is 5.56 Å². The molecule has 0 bridgehead atoms. The molecule has 0 saturated carbocycles. The first-order valence-corrected chi connectivity index (χ1v) is 9.42. The number of benzene rings is 2. The molecular weight excluding hydrogens is 413 g/mol. The number of carbonyl (C=O) groups excluding carboxylic acids is 1. The second-order valence-electron chi connectivity index (χ2n) is 6.17. The highest BCUT2D eigenvalue weighted by atomic mass is 35.5. The van der Waals surface area contributed by atoms with Crippen molar-refractivity contribution < 1.29 is 9.53 Å². The topological polar surface area (TPSA) is 81.9 Å². The van der Waals surface area contributed by atoms with Crippen molar-refractivity contribution in [3.05, 3.63) is 77.1 Å². The van der Waals surface area contributed by atoms with Gasteiger partial charge in [-0.1, -0.05) is 35.3 Å². The first-order valence-electron chi connectivity index (χ1n) is 8.66. The molecule has 4 aromatic rings. The minimum absolute atomic E-state index is 0.0226. The average Bonchev–Trinajstić information content (AvgIpc) is 3.23. The summed E-state index contributed by atoms with van der Waals surface area (Å²) in [7, 11) is 0. The number of ether oxygens (including phenoxy) is 1. The lowest BCUT2D eigenvalue weighted by Gasteiger charge is -2.14. The van der Waals surface area contributed by atoms with Crippen LogP contribution in [0.4, 0.5) is 5.69 Å². The Morgan fingerprint density at radius 1 is 1.14 bits per heavy atom. The first kappa shape index (κ1) is 19.2. The Morgan fingerprint density at radius 3 is 2.86 bits per heavy atom. The number of hydrogen-bond donors (Lipinski definition) is 1. The fourth-order valence-corrected chi connectivity index (χ4v) is 3.37. The van der Waals surface area contributed by atoms with Crippen LogP contribution in [0, 0.1) is 0 Å². The van der Waals surface area contributed by atoms with E-state index in [9.17, 15) is 4.79 Å². The highest BCUT2D eigenvalue weighted by Crippen LogP contribution is 2.33. The Balaban J connectivity index is 1.53. The van der Waals surface area contributed by atoms with Crippen LogP contribution in [-0.2, 0) is 17.9 Å². The molecule has 7 nitrogen and oxygen atoms in total. The third-order valence-corrected chi connectivity index (χ3v) is 5.03. The zero-order valence-corrected chi connectivity index (χ0v) is 16.6. The number of fused-ring (bicyclic) bond motifs is 1. The number of anilines is 1. The van der Waals surface area contributed by atoms with E-state index < -0.39 is 0 Å². The predicted octanol–water partition coefficient (Wildman–Crippen LogP) is 4.35. The lowest BCUT2D eigenvalue weighted by atomic mass is 10.1. The van der Waals surface area contributed by atoms with Gasteiger partial charge in [0.05, 0.1) is 10.7 Å². The van der Waals surface area contributed by atoms with E-state index in [0.29, 0.717) is 27.0 Å². The Kier molecular flexibility index (Phi) is 5.59. The maximum atomic E-state index is 12.2. The number of amides is 1. The van der Waals surface area contributed by atoms with Crippen molar-refractivity contribution in [2.45, 2.75) is 13.2 Å². The molecule has 2 heterocycles. The molecule has 0 radical (unpaired) electrons. The van der Waals surface area contributed by atoms with Crippen LogP contribution in [0.2, 0.25) is 10.0 Å². The summed E-state index contributed by atoms with van der Waals surface area (Å²) in [5.74, 6) is 0.408. The van der Waals surface area contributed by atoms with E-state index in [2.05, 4.69) is 20.4 Å². The summed E-state index contributed by atoms with van der Waals surface area (Å²) in [6.45, 7) is 0.167. The SMILES string of the molecule is O=C(Cn1cncn1)Nc1ccc(Cl)c(COc2cccc3cnccc23)c1Cl. The summed E-state index contributed by atoms with van der Waals surface area (Å²) in [4.78, 5) is 20.2. The second kappa shape index (κ2) is 8.46. The smallest absolute Gasteiger partial charge is 0.246 e. The van der Waals surface area contributed by atoms with Crippen molar-refractivity contribution in [3.63, 3.8) is 0 Å². The van der Waals surface area contributed by atoms with Gasteiger partial charge >= 0.3 is 0 Å². The van der Waals surface area contributed by atoms with Crippen LogP contribution >= 0.6 is 23.2 Å². The maximum absolute atomic E-state index is 12.2. The van der Waals surface area contributed by atoms with E-state index in [-0.39, 0.29) is 19.1 Å². The number of hydrogen-bond acceptors (Lipinski definition) is 5. The molecule has 1 amide bonds. The summed E-state index contributed by atoms with van der Waals surface area (Å²) in [6.07, 6.45) is 6.30. The van der Waals surface area contributed by atoms with Crippen LogP contribution in [-0.4, -0.2) is 25.7 Å². The van der Waals surface area contributed by atoms with Crippen LogP contribution in [0.15, 0.2) is 61.4 Å². The normalized spacial score (nSPS) is 10.8. The van der Waals surface area contributed by atoms with Crippen LogP contribution in [0.5, 0.6) is 5.75 Å². The molecule has 0 unspecified atom stereocenters. The molecule has 4 rings (SSSR count). The molecule has 146 valence electrons. The van der Waals surface area contributed by atoms with Gasteiger partial charge in [0.1, 0.15) is 31.6 Å². The highest BCUT2D eigenvalue weighted by molar-refractivity contribution is 6.38. The minimum atomic E-state index is -0.284. The van der Waals surface area contributed by atoms with Crippen molar-refractivity contribution >= 4 is 45.6 Å². The molecule has 0 aliphatic carbocycles.